The molecule has 0 aliphatic carbocycles. The number of aromatic nitrogens is 1. The zero-order valence-electron chi connectivity index (χ0n) is 7.93. The molecule has 0 spiro atoms. The molecule has 1 aromatic heterocycles. The van der Waals surface area contributed by atoms with Crippen molar-refractivity contribution in [1.82, 2.24) is 4.98 Å². The van der Waals surface area contributed by atoms with Crippen molar-refractivity contribution in [2.75, 3.05) is 6.61 Å². The fourth-order valence-electron chi connectivity index (χ4n) is 1.13. The van der Waals surface area contributed by atoms with E-state index < -0.39 is 0 Å². The fraction of sp³-hybridized carbons (Fsp3) is 0.182. The third-order valence-electron chi connectivity index (χ3n) is 1.81. The minimum Gasteiger partial charge on any atom is -0.466 e. The second kappa shape index (κ2) is 4.24. The molecule has 0 fully saturated rings. The average Bonchev–Trinajstić information content (AvgIpc) is 2.60. The van der Waals surface area contributed by atoms with Gasteiger partial charge < -0.3 is 4.74 Å². The average molecular weight is 205 g/mol. The molecule has 72 valence electrons. The van der Waals surface area contributed by atoms with Gasteiger partial charge in [0.05, 0.1) is 10.2 Å². The number of ether oxygens (including phenoxy) is 1. The Morgan fingerprint density at radius 3 is 3.07 bits per heavy atom. The molecule has 1 aromatic carbocycles. The first-order valence-electron chi connectivity index (χ1n) is 4.49. The van der Waals surface area contributed by atoms with Crippen molar-refractivity contribution in [3.8, 4) is 5.19 Å². The molecular formula is C11H11NOS. The molecule has 2 nitrogen and oxygen atoms in total. The normalized spacial score (nSPS) is 11.2. The first-order chi connectivity index (χ1) is 6.90. The second-order valence-corrected chi connectivity index (χ2v) is 3.82. The van der Waals surface area contributed by atoms with E-state index in [4.69, 9.17) is 4.74 Å². The molecule has 2 rings (SSSR count). The van der Waals surface area contributed by atoms with Gasteiger partial charge in [0.15, 0.2) is 0 Å². The molecule has 0 aliphatic heterocycles. The Morgan fingerprint density at radius 2 is 2.29 bits per heavy atom. The summed E-state index contributed by atoms with van der Waals surface area (Å²) in [5.41, 5.74) is 1.01. The summed E-state index contributed by atoms with van der Waals surface area (Å²) in [6.45, 7) is 2.57. The maximum atomic E-state index is 5.45. The highest BCUT2D eigenvalue weighted by Gasteiger charge is 2.01. The van der Waals surface area contributed by atoms with Gasteiger partial charge in [-0.05, 0) is 19.1 Å². The molecule has 0 atom stereocenters. The van der Waals surface area contributed by atoms with E-state index in [1.54, 1.807) is 11.3 Å². The first-order valence-corrected chi connectivity index (χ1v) is 5.31. The highest BCUT2D eigenvalue weighted by atomic mass is 32.1. The lowest BCUT2D eigenvalue weighted by molar-refractivity contribution is 0.361. The summed E-state index contributed by atoms with van der Waals surface area (Å²) in [6, 6.07) is 8.04. The molecular weight excluding hydrogens is 194 g/mol. The van der Waals surface area contributed by atoms with Crippen molar-refractivity contribution in [3.63, 3.8) is 0 Å². The number of hydrogen-bond donors (Lipinski definition) is 0. The van der Waals surface area contributed by atoms with E-state index in [0.29, 0.717) is 6.61 Å². The van der Waals surface area contributed by atoms with Gasteiger partial charge in [-0.1, -0.05) is 35.6 Å². The highest BCUT2D eigenvalue weighted by Crippen LogP contribution is 2.26. The molecule has 0 bridgehead atoms. The van der Waals surface area contributed by atoms with Gasteiger partial charge in [0.1, 0.15) is 6.61 Å². The van der Waals surface area contributed by atoms with E-state index in [9.17, 15) is 0 Å². The maximum Gasteiger partial charge on any atom is 0.274 e. The van der Waals surface area contributed by atoms with Crippen molar-refractivity contribution >= 4 is 21.6 Å². The molecule has 0 amide bonds. The van der Waals surface area contributed by atoms with Crippen LogP contribution in [0.2, 0.25) is 0 Å². The third kappa shape index (κ3) is 1.93. The number of nitrogens with zero attached hydrogens (tertiary/aromatic N) is 1. The number of rotatable bonds is 3. The Labute approximate surface area is 86.9 Å². The van der Waals surface area contributed by atoms with Gasteiger partial charge in [0, 0.05) is 0 Å². The molecule has 0 radical (unpaired) electrons. The molecule has 0 aliphatic rings. The van der Waals surface area contributed by atoms with E-state index in [1.807, 2.05) is 37.3 Å². The molecule has 0 unspecified atom stereocenters. The van der Waals surface area contributed by atoms with Crippen LogP contribution in [0.4, 0.5) is 0 Å². The van der Waals surface area contributed by atoms with Crippen LogP contribution in [-0.4, -0.2) is 11.6 Å². The Kier molecular flexibility index (Phi) is 2.79. The van der Waals surface area contributed by atoms with Crippen LogP contribution in [0.3, 0.4) is 0 Å². The minimum atomic E-state index is 0.594. The Balaban J connectivity index is 2.18. The Hall–Kier alpha value is -1.35. The molecule has 0 N–H and O–H groups in total. The van der Waals surface area contributed by atoms with Crippen molar-refractivity contribution in [2.24, 2.45) is 0 Å². The number of allylic oxidation sites excluding steroid dienone is 1. The lowest BCUT2D eigenvalue weighted by Gasteiger charge is -1.94. The van der Waals surface area contributed by atoms with Crippen LogP contribution < -0.4 is 4.74 Å². The summed E-state index contributed by atoms with van der Waals surface area (Å²) < 4.78 is 6.62. The van der Waals surface area contributed by atoms with Crippen LogP contribution in [0.1, 0.15) is 6.92 Å². The quantitative estimate of drug-likeness (QED) is 0.717. The minimum absolute atomic E-state index is 0.594. The number of fused-ring (bicyclic) bond motifs is 1. The number of hydrogen-bond acceptors (Lipinski definition) is 3. The maximum absolute atomic E-state index is 5.45. The van der Waals surface area contributed by atoms with Crippen LogP contribution in [0.25, 0.3) is 10.2 Å². The molecule has 0 saturated heterocycles. The number of para-hydroxylation sites is 1. The van der Waals surface area contributed by atoms with Gasteiger partial charge >= 0.3 is 0 Å². The van der Waals surface area contributed by atoms with Crippen molar-refractivity contribution in [1.29, 1.82) is 0 Å². The Bertz CT molecular complexity index is 414. The van der Waals surface area contributed by atoms with Crippen molar-refractivity contribution in [3.05, 3.63) is 36.4 Å². The molecule has 0 saturated carbocycles. The second-order valence-electron chi connectivity index (χ2n) is 2.83. The van der Waals surface area contributed by atoms with Crippen molar-refractivity contribution < 1.29 is 4.74 Å². The third-order valence-corrected chi connectivity index (χ3v) is 2.76. The van der Waals surface area contributed by atoms with Gasteiger partial charge in [0.2, 0.25) is 0 Å². The van der Waals surface area contributed by atoms with Gasteiger partial charge in [-0.25, -0.2) is 4.98 Å². The van der Waals surface area contributed by atoms with Crippen LogP contribution in [0.5, 0.6) is 5.19 Å². The smallest absolute Gasteiger partial charge is 0.274 e. The predicted molar refractivity (Wildman–Crippen MR) is 59.9 cm³/mol. The van der Waals surface area contributed by atoms with Gasteiger partial charge in [0.25, 0.3) is 5.19 Å². The van der Waals surface area contributed by atoms with E-state index in [2.05, 4.69) is 11.1 Å². The largest absolute Gasteiger partial charge is 0.466 e. The predicted octanol–water partition coefficient (Wildman–Crippen LogP) is 3.25. The van der Waals surface area contributed by atoms with E-state index in [-0.39, 0.29) is 0 Å². The highest BCUT2D eigenvalue weighted by molar-refractivity contribution is 7.20. The van der Waals surface area contributed by atoms with Gasteiger partial charge in [-0.15, -0.1) is 0 Å². The summed E-state index contributed by atoms with van der Waals surface area (Å²) in [5.74, 6) is 0. The first kappa shape index (κ1) is 9.21. The molecule has 14 heavy (non-hydrogen) atoms. The monoisotopic (exact) mass is 205 g/mol. The summed E-state index contributed by atoms with van der Waals surface area (Å²) in [7, 11) is 0. The van der Waals surface area contributed by atoms with Crippen LogP contribution in [-0.2, 0) is 0 Å². The standard InChI is InChI=1S/C11H11NOS/c1-2-3-8-13-11-12-9-6-4-5-7-10(9)14-11/h2-7H,8H2,1H3/b3-2-. The zero-order valence-corrected chi connectivity index (χ0v) is 8.75. The summed E-state index contributed by atoms with van der Waals surface area (Å²) in [5, 5.41) is 0.740. The Morgan fingerprint density at radius 1 is 1.43 bits per heavy atom. The lowest BCUT2D eigenvalue weighted by atomic mass is 10.3. The fourth-order valence-corrected chi connectivity index (χ4v) is 1.95. The van der Waals surface area contributed by atoms with E-state index in [0.717, 1.165) is 10.7 Å². The summed E-state index contributed by atoms with van der Waals surface area (Å²) in [4.78, 5) is 4.35. The molecule has 2 aromatic rings. The molecule has 1 heterocycles. The van der Waals surface area contributed by atoms with Crippen LogP contribution in [0, 0.1) is 0 Å². The van der Waals surface area contributed by atoms with Gasteiger partial charge in [-0.3, -0.25) is 0 Å². The summed E-state index contributed by atoms with van der Waals surface area (Å²) in [6.07, 6.45) is 3.93. The SMILES string of the molecule is C/C=C\COc1nc2ccccc2s1. The topological polar surface area (TPSA) is 22.1 Å². The van der Waals surface area contributed by atoms with Gasteiger partial charge in [-0.2, -0.15) is 0 Å². The molecule has 3 heteroatoms. The van der Waals surface area contributed by atoms with Crippen molar-refractivity contribution in [2.45, 2.75) is 6.92 Å². The lowest BCUT2D eigenvalue weighted by Crippen LogP contribution is -1.91. The van der Waals surface area contributed by atoms with E-state index in [1.165, 1.54) is 4.70 Å². The summed E-state index contributed by atoms with van der Waals surface area (Å²) >= 11 is 1.58. The van der Waals surface area contributed by atoms with Crippen LogP contribution in [0.15, 0.2) is 36.4 Å². The zero-order chi connectivity index (χ0) is 9.80. The number of benzene rings is 1. The van der Waals surface area contributed by atoms with Crippen LogP contribution >= 0.6 is 11.3 Å². The van der Waals surface area contributed by atoms with E-state index >= 15 is 0 Å². The number of thiazole rings is 1.